The van der Waals surface area contributed by atoms with Crippen LogP contribution in [0, 0.1) is 0 Å². The minimum atomic E-state index is -0.495. The number of anilines is 1. The molecule has 5 rings (SSSR count). The van der Waals surface area contributed by atoms with Crippen molar-refractivity contribution in [2.24, 2.45) is 0 Å². The van der Waals surface area contributed by atoms with Gasteiger partial charge < -0.3 is 19.5 Å². The van der Waals surface area contributed by atoms with E-state index in [-0.39, 0.29) is 14.1 Å². The zero-order valence-corrected chi connectivity index (χ0v) is 17.7. The molecule has 160 valence electrons. The van der Waals surface area contributed by atoms with Crippen LogP contribution in [0.3, 0.4) is 0 Å². The summed E-state index contributed by atoms with van der Waals surface area (Å²) in [5.74, 6) is 2.30. The third kappa shape index (κ3) is 3.50. The molecule has 1 aliphatic carbocycles. The number of benzene rings is 3. The Balaban J connectivity index is 0.00000245. The number of carbonyl (C=O) groups is 1. The van der Waals surface area contributed by atoms with Gasteiger partial charge in [-0.2, -0.15) is 0 Å². The highest BCUT2D eigenvalue weighted by molar-refractivity contribution is 6.02. The summed E-state index contributed by atoms with van der Waals surface area (Å²) in [5, 5.41) is 3.16. The predicted molar refractivity (Wildman–Crippen MR) is 122 cm³/mol. The van der Waals surface area contributed by atoms with E-state index in [1.807, 2.05) is 48.5 Å². The van der Waals surface area contributed by atoms with Crippen molar-refractivity contribution >= 4 is 11.6 Å². The maximum atomic E-state index is 13.3. The summed E-state index contributed by atoms with van der Waals surface area (Å²) < 4.78 is 16.2. The average molecular weight is 418 g/mol. The minimum Gasteiger partial charge on any atom is -0.497 e. The smallest absolute Gasteiger partial charge is 0.235 e. The molecule has 31 heavy (non-hydrogen) atoms. The Bertz CT molecular complexity index is 1140. The van der Waals surface area contributed by atoms with Crippen LogP contribution in [0.1, 0.15) is 32.3 Å². The number of rotatable bonds is 6. The van der Waals surface area contributed by atoms with Gasteiger partial charge in [0.25, 0.3) is 0 Å². The number of methoxy groups -OCH3 is 1. The first-order valence-electron chi connectivity index (χ1n) is 10.6. The van der Waals surface area contributed by atoms with Gasteiger partial charge in [-0.05, 0) is 77.9 Å². The lowest BCUT2D eigenvalue weighted by Gasteiger charge is -2.18. The van der Waals surface area contributed by atoms with Crippen LogP contribution in [-0.2, 0) is 16.6 Å². The van der Waals surface area contributed by atoms with Gasteiger partial charge in [-0.25, -0.2) is 0 Å². The molecule has 1 fully saturated rings. The molecule has 0 aromatic heterocycles. The number of fused-ring (bicyclic) bond motifs is 1. The number of hydrogen-bond acceptors (Lipinski definition) is 4. The third-order valence-electron chi connectivity index (χ3n) is 6.26. The molecule has 0 unspecified atom stereocenters. The molecule has 0 bridgehead atoms. The van der Waals surface area contributed by atoms with Gasteiger partial charge in [0.2, 0.25) is 12.7 Å². The first-order chi connectivity index (χ1) is 15.1. The Morgan fingerprint density at radius 3 is 2.52 bits per heavy atom. The van der Waals surface area contributed by atoms with Crippen LogP contribution >= 0.6 is 0 Å². The number of aryl methyl sites for hydroxylation is 1. The molecule has 1 amide bonds. The second-order valence-corrected chi connectivity index (χ2v) is 8.06. The molecule has 1 saturated carbocycles. The SMILES string of the molecule is CCc1ccc(NC(=O)C2(c3ccc4c(c3)OCO4)CC2)cc1-c1ccc(OC)cc1.[HH]. The lowest BCUT2D eigenvalue weighted by Crippen LogP contribution is -2.27. The molecule has 1 N–H and O–H groups in total. The van der Waals surface area contributed by atoms with Gasteiger partial charge in [-0.15, -0.1) is 0 Å². The van der Waals surface area contributed by atoms with Crippen LogP contribution in [-0.4, -0.2) is 19.8 Å². The summed E-state index contributed by atoms with van der Waals surface area (Å²) in [7, 11) is 1.66. The fourth-order valence-corrected chi connectivity index (χ4v) is 4.22. The van der Waals surface area contributed by atoms with E-state index in [2.05, 4.69) is 24.4 Å². The highest BCUT2D eigenvalue weighted by Gasteiger charge is 2.51. The summed E-state index contributed by atoms with van der Waals surface area (Å²) in [6.45, 7) is 2.37. The van der Waals surface area contributed by atoms with Gasteiger partial charge in [0.1, 0.15) is 5.75 Å². The second-order valence-electron chi connectivity index (χ2n) is 8.06. The normalized spacial score (nSPS) is 15.4. The maximum Gasteiger partial charge on any atom is 0.235 e. The molecule has 3 aromatic carbocycles. The van der Waals surface area contributed by atoms with Crippen LogP contribution in [0.2, 0.25) is 0 Å². The molecule has 1 aliphatic heterocycles. The van der Waals surface area contributed by atoms with Crippen LogP contribution < -0.4 is 19.5 Å². The van der Waals surface area contributed by atoms with Crippen molar-refractivity contribution in [1.82, 2.24) is 0 Å². The molecule has 1 heterocycles. The van der Waals surface area contributed by atoms with Gasteiger partial charge in [0, 0.05) is 7.11 Å². The molecule has 0 atom stereocenters. The molecule has 3 aromatic rings. The summed E-state index contributed by atoms with van der Waals surface area (Å²) in [6.07, 6.45) is 2.57. The molecular formula is C26H27NO4. The van der Waals surface area contributed by atoms with Crippen molar-refractivity contribution in [3.63, 3.8) is 0 Å². The molecule has 0 radical (unpaired) electrons. The summed E-state index contributed by atoms with van der Waals surface area (Å²) in [5.41, 5.74) is 4.75. The summed E-state index contributed by atoms with van der Waals surface area (Å²) >= 11 is 0. The second kappa shape index (κ2) is 7.65. The van der Waals surface area contributed by atoms with Gasteiger partial charge in [-0.1, -0.05) is 31.2 Å². The standard InChI is InChI=1S/C26H25NO4.H2/c1-3-17-4-8-20(15-22(17)18-5-9-21(29-2)10-6-18)27-25(28)26(12-13-26)19-7-11-23-24(14-19)31-16-30-23;/h4-11,14-15H,3,12-13,16H2,1-2H3,(H,27,28);1H. The van der Waals surface area contributed by atoms with Crippen molar-refractivity contribution in [2.75, 3.05) is 19.2 Å². The van der Waals surface area contributed by atoms with Gasteiger partial charge in [0.05, 0.1) is 12.5 Å². The van der Waals surface area contributed by atoms with Crippen molar-refractivity contribution in [2.45, 2.75) is 31.6 Å². The summed E-state index contributed by atoms with van der Waals surface area (Å²) in [6, 6.07) is 20.0. The first kappa shape index (κ1) is 19.5. The topological polar surface area (TPSA) is 56.8 Å². The number of amides is 1. The Labute approximate surface area is 183 Å². The first-order valence-corrected chi connectivity index (χ1v) is 10.6. The van der Waals surface area contributed by atoms with Crippen LogP contribution in [0.5, 0.6) is 17.2 Å². The maximum absolute atomic E-state index is 13.3. The molecule has 5 heteroatoms. The zero-order valence-electron chi connectivity index (χ0n) is 17.7. The highest BCUT2D eigenvalue weighted by atomic mass is 16.7. The Hall–Kier alpha value is -3.47. The summed E-state index contributed by atoms with van der Waals surface area (Å²) in [4.78, 5) is 13.3. The van der Waals surface area contributed by atoms with Crippen LogP contribution in [0.15, 0.2) is 60.7 Å². The molecule has 0 saturated heterocycles. The monoisotopic (exact) mass is 417 g/mol. The van der Waals surface area contributed by atoms with E-state index in [1.54, 1.807) is 7.11 Å². The van der Waals surface area contributed by atoms with Gasteiger partial charge >= 0.3 is 0 Å². The molecule has 2 aliphatic rings. The lowest BCUT2D eigenvalue weighted by atomic mass is 9.93. The van der Waals surface area contributed by atoms with Gasteiger partial charge in [-0.3, -0.25) is 4.79 Å². The largest absolute Gasteiger partial charge is 0.497 e. The van der Waals surface area contributed by atoms with E-state index < -0.39 is 5.41 Å². The molecular weight excluding hydrogens is 390 g/mol. The van der Waals surface area contributed by atoms with Crippen molar-refractivity contribution < 1.29 is 20.4 Å². The number of carbonyl (C=O) groups excluding carboxylic acids is 1. The Kier molecular flexibility index (Phi) is 4.81. The third-order valence-corrected chi connectivity index (χ3v) is 6.26. The van der Waals surface area contributed by atoms with Crippen LogP contribution in [0.4, 0.5) is 5.69 Å². The fraction of sp³-hybridized carbons (Fsp3) is 0.269. The molecule has 0 spiro atoms. The van der Waals surface area contributed by atoms with Crippen molar-refractivity contribution in [3.05, 3.63) is 71.8 Å². The zero-order chi connectivity index (χ0) is 21.4. The number of hydrogen-bond donors (Lipinski definition) is 1. The van der Waals surface area contributed by atoms with Crippen molar-refractivity contribution in [1.29, 1.82) is 0 Å². The van der Waals surface area contributed by atoms with Crippen LogP contribution in [0.25, 0.3) is 11.1 Å². The fourth-order valence-electron chi connectivity index (χ4n) is 4.22. The van der Waals surface area contributed by atoms with E-state index in [4.69, 9.17) is 14.2 Å². The van der Waals surface area contributed by atoms with E-state index in [9.17, 15) is 4.79 Å². The van der Waals surface area contributed by atoms with E-state index in [0.29, 0.717) is 5.75 Å². The quantitative estimate of drug-likeness (QED) is 0.570. The highest BCUT2D eigenvalue weighted by Crippen LogP contribution is 2.51. The number of nitrogens with one attached hydrogen (secondary N) is 1. The molecule has 5 nitrogen and oxygen atoms in total. The van der Waals surface area contributed by atoms with E-state index >= 15 is 0 Å². The van der Waals surface area contributed by atoms with E-state index in [1.165, 1.54) is 5.56 Å². The predicted octanol–water partition coefficient (Wildman–Crippen LogP) is 5.57. The number of ether oxygens (including phenoxy) is 3. The average Bonchev–Trinajstić information content (AvgIpc) is 3.50. The van der Waals surface area contributed by atoms with Gasteiger partial charge in [0.15, 0.2) is 11.5 Å². The Morgan fingerprint density at radius 1 is 1.03 bits per heavy atom. The minimum absolute atomic E-state index is 0. The Morgan fingerprint density at radius 2 is 1.81 bits per heavy atom. The van der Waals surface area contributed by atoms with E-state index in [0.717, 1.165) is 53.1 Å². The lowest BCUT2D eigenvalue weighted by molar-refractivity contribution is -0.118. The van der Waals surface area contributed by atoms with Crippen molar-refractivity contribution in [3.8, 4) is 28.4 Å².